The summed E-state index contributed by atoms with van der Waals surface area (Å²) >= 11 is 0. The van der Waals surface area contributed by atoms with Gasteiger partial charge in [0.2, 0.25) is 21.8 Å². The van der Waals surface area contributed by atoms with E-state index in [1.165, 1.54) is 17.9 Å². The highest BCUT2D eigenvalue weighted by molar-refractivity contribution is 7.92. The normalized spacial score (nSPS) is 14.8. The number of aryl methyl sites for hydroxylation is 1. The summed E-state index contributed by atoms with van der Waals surface area (Å²) in [4.78, 5) is 40.0. The van der Waals surface area contributed by atoms with Gasteiger partial charge in [-0.3, -0.25) is 18.7 Å². The SMILES string of the molecule is CC(=O)c1cccc(N(CC(=O)N(Cc2ccc(C)cc2)[C@@H](C)C(=O)NC2CCCC2)S(C)(=O)=O)c1. The second kappa shape index (κ2) is 11.7. The Kier molecular flexibility index (Phi) is 8.89. The molecule has 1 atom stereocenters. The monoisotopic (exact) mass is 513 g/mol. The van der Waals surface area contributed by atoms with Crippen LogP contribution < -0.4 is 9.62 Å². The molecule has 1 saturated carbocycles. The highest BCUT2D eigenvalue weighted by Crippen LogP contribution is 2.22. The molecule has 1 aliphatic rings. The summed E-state index contributed by atoms with van der Waals surface area (Å²) in [6, 6.07) is 13.1. The van der Waals surface area contributed by atoms with Crippen LogP contribution in [0.1, 0.15) is 61.0 Å². The van der Waals surface area contributed by atoms with Crippen LogP contribution in [0.15, 0.2) is 48.5 Å². The molecule has 0 spiro atoms. The van der Waals surface area contributed by atoms with E-state index in [1.807, 2.05) is 31.2 Å². The van der Waals surface area contributed by atoms with Crippen molar-refractivity contribution in [2.75, 3.05) is 17.1 Å². The zero-order chi connectivity index (χ0) is 26.5. The van der Waals surface area contributed by atoms with E-state index >= 15 is 0 Å². The van der Waals surface area contributed by atoms with Gasteiger partial charge in [0.25, 0.3) is 0 Å². The lowest BCUT2D eigenvalue weighted by Gasteiger charge is -2.32. The minimum Gasteiger partial charge on any atom is -0.352 e. The summed E-state index contributed by atoms with van der Waals surface area (Å²) in [6.45, 7) is 4.68. The Labute approximate surface area is 213 Å². The summed E-state index contributed by atoms with van der Waals surface area (Å²) in [5, 5.41) is 3.04. The maximum Gasteiger partial charge on any atom is 0.244 e. The first-order chi connectivity index (χ1) is 17.0. The van der Waals surface area contributed by atoms with E-state index in [0.717, 1.165) is 47.4 Å². The smallest absolute Gasteiger partial charge is 0.244 e. The molecule has 194 valence electrons. The predicted octanol–water partition coefficient (Wildman–Crippen LogP) is 3.44. The van der Waals surface area contributed by atoms with E-state index in [4.69, 9.17) is 0 Å². The van der Waals surface area contributed by atoms with Crippen molar-refractivity contribution < 1.29 is 22.8 Å². The molecule has 1 aliphatic carbocycles. The molecule has 36 heavy (non-hydrogen) atoms. The van der Waals surface area contributed by atoms with Crippen molar-refractivity contribution in [2.45, 2.75) is 65.1 Å². The van der Waals surface area contributed by atoms with Crippen LogP contribution in [0.25, 0.3) is 0 Å². The zero-order valence-corrected chi connectivity index (χ0v) is 22.2. The van der Waals surface area contributed by atoms with Crippen LogP contribution >= 0.6 is 0 Å². The fourth-order valence-electron chi connectivity index (χ4n) is 4.36. The third-order valence-electron chi connectivity index (χ3n) is 6.56. The van der Waals surface area contributed by atoms with Crippen molar-refractivity contribution in [1.29, 1.82) is 0 Å². The zero-order valence-electron chi connectivity index (χ0n) is 21.4. The molecule has 2 aromatic carbocycles. The molecule has 9 heteroatoms. The molecule has 8 nitrogen and oxygen atoms in total. The number of nitrogens with zero attached hydrogens (tertiary/aromatic N) is 2. The second-order valence-electron chi connectivity index (χ2n) is 9.55. The van der Waals surface area contributed by atoms with Gasteiger partial charge in [-0.2, -0.15) is 0 Å². The van der Waals surface area contributed by atoms with Gasteiger partial charge in [-0.05, 0) is 51.3 Å². The Balaban J connectivity index is 1.90. The minimum absolute atomic E-state index is 0.0955. The Morgan fingerprint density at radius 2 is 1.69 bits per heavy atom. The molecule has 2 amide bonds. The lowest BCUT2D eigenvalue weighted by Crippen LogP contribution is -2.52. The predicted molar refractivity (Wildman–Crippen MR) is 140 cm³/mol. The molecule has 1 fully saturated rings. The molecule has 0 unspecified atom stereocenters. The lowest BCUT2D eigenvalue weighted by molar-refractivity contribution is -0.139. The highest BCUT2D eigenvalue weighted by Gasteiger charge is 2.31. The first-order valence-electron chi connectivity index (χ1n) is 12.2. The van der Waals surface area contributed by atoms with Gasteiger partial charge in [0, 0.05) is 18.2 Å². The first kappa shape index (κ1) is 27.4. The Bertz CT molecular complexity index is 1200. The average Bonchev–Trinajstić information content (AvgIpc) is 3.34. The second-order valence-corrected chi connectivity index (χ2v) is 11.5. The fraction of sp³-hybridized carbons (Fsp3) is 0.444. The third kappa shape index (κ3) is 7.16. The summed E-state index contributed by atoms with van der Waals surface area (Å²) in [5.41, 5.74) is 2.46. The molecular formula is C27H35N3O5S. The quantitative estimate of drug-likeness (QED) is 0.490. The number of sulfonamides is 1. The van der Waals surface area contributed by atoms with Gasteiger partial charge in [-0.1, -0.05) is 54.8 Å². The average molecular weight is 514 g/mol. The fourth-order valence-corrected chi connectivity index (χ4v) is 5.20. The summed E-state index contributed by atoms with van der Waals surface area (Å²) in [7, 11) is -3.86. The standard InChI is InChI=1S/C27H35N3O5S/c1-19-12-14-22(15-13-19)17-29(20(2)27(33)28-24-9-5-6-10-24)26(32)18-30(36(4,34)35)25-11-7-8-23(16-25)21(3)31/h7-8,11-16,20,24H,5-6,9-10,17-18H2,1-4H3,(H,28,33)/t20-/m0/s1. The number of hydrogen-bond donors (Lipinski definition) is 1. The van der Waals surface area contributed by atoms with Gasteiger partial charge >= 0.3 is 0 Å². The number of carbonyl (C=O) groups excluding carboxylic acids is 3. The van der Waals surface area contributed by atoms with E-state index in [2.05, 4.69) is 5.32 Å². The van der Waals surface area contributed by atoms with Gasteiger partial charge in [-0.15, -0.1) is 0 Å². The number of rotatable bonds is 10. The molecule has 0 heterocycles. The van der Waals surface area contributed by atoms with E-state index < -0.39 is 28.5 Å². The molecule has 0 radical (unpaired) electrons. The Hall–Kier alpha value is -3.20. The van der Waals surface area contributed by atoms with Gasteiger partial charge in [0.05, 0.1) is 11.9 Å². The summed E-state index contributed by atoms with van der Waals surface area (Å²) < 4.78 is 26.4. The maximum absolute atomic E-state index is 13.6. The van der Waals surface area contributed by atoms with Crippen LogP contribution in [-0.2, 0) is 26.2 Å². The molecule has 0 aliphatic heterocycles. The minimum atomic E-state index is -3.86. The van der Waals surface area contributed by atoms with Gasteiger partial charge in [-0.25, -0.2) is 8.42 Å². The lowest BCUT2D eigenvalue weighted by atomic mass is 10.1. The van der Waals surface area contributed by atoms with E-state index in [1.54, 1.807) is 25.1 Å². The van der Waals surface area contributed by atoms with E-state index in [0.29, 0.717) is 5.56 Å². The van der Waals surface area contributed by atoms with Gasteiger partial charge in [0.15, 0.2) is 5.78 Å². The highest BCUT2D eigenvalue weighted by atomic mass is 32.2. The molecule has 0 aromatic heterocycles. The van der Waals surface area contributed by atoms with Crippen molar-refractivity contribution in [1.82, 2.24) is 10.2 Å². The van der Waals surface area contributed by atoms with Gasteiger partial charge < -0.3 is 10.2 Å². The van der Waals surface area contributed by atoms with Crippen LogP contribution in [0.2, 0.25) is 0 Å². The Morgan fingerprint density at radius 1 is 1.06 bits per heavy atom. The van der Waals surface area contributed by atoms with Crippen LogP contribution in [-0.4, -0.2) is 55.8 Å². The number of ketones is 1. The number of carbonyl (C=O) groups is 3. The molecule has 2 aromatic rings. The van der Waals surface area contributed by atoms with Crippen LogP contribution in [0.3, 0.4) is 0 Å². The number of amides is 2. The van der Waals surface area contributed by atoms with Crippen molar-refractivity contribution in [3.8, 4) is 0 Å². The van der Waals surface area contributed by atoms with E-state index in [9.17, 15) is 22.8 Å². The molecule has 0 saturated heterocycles. The third-order valence-corrected chi connectivity index (χ3v) is 7.70. The van der Waals surface area contributed by atoms with Crippen LogP contribution in [0, 0.1) is 6.92 Å². The molecule has 3 rings (SSSR count). The van der Waals surface area contributed by atoms with Crippen LogP contribution in [0.5, 0.6) is 0 Å². The number of hydrogen-bond acceptors (Lipinski definition) is 5. The number of Topliss-reactive ketones (excluding diaryl/α,β-unsaturated/α-hetero) is 1. The summed E-state index contributed by atoms with van der Waals surface area (Å²) in [5.74, 6) is -0.982. The van der Waals surface area contributed by atoms with Crippen molar-refractivity contribution in [2.24, 2.45) is 0 Å². The molecular weight excluding hydrogens is 478 g/mol. The summed E-state index contributed by atoms with van der Waals surface area (Å²) in [6.07, 6.45) is 4.97. The first-order valence-corrected chi connectivity index (χ1v) is 14.0. The van der Waals surface area contributed by atoms with Crippen LogP contribution in [0.4, 0.5) is 5.69 Å². The van der Waals surface area contributed by atoms with Gasteiger partial charge in [0.1, 0.15) is 12.6 Å². The number of benzene rings is 2. The largest absolute Gasteiger partial charge is 0.352 e. The van der Waals surface area contributed by atoms with Crippen molar-refractivity contribution in [3.05, 3.63) is 65.2 Å². The number of anilines is 1. The van der Waals surface area contributed by atoms with E-state index in [-0.39, 0.29) is 30.0 Å². The van der Waals surface area contributed by atoms with Crippen molar-refractivity contribution in [3.63, 3.8) is 0 Å². The maximum atomic E-state index is 13.6. The van der Waals surface area contributed by atoms with Crippen molar-refractivity contribution >= 4 is 33.3 Å². The number of nitrogens with one attached hydrogen (secondary N) is 1. The topological polar surface area (TPSA) is 104 Å². The Morgan fingerprint density at radius 3 is 2.28 bits per heavy atom. The molecule has 1 N–H and O–H groups in total. The molecule has 0 bridgehead atoms.